The minimum Gasteiger partial charge on any atom is -0.494 e. The van der Waals surface area contributed by atoms with Gasteiger partial charge in [-0.15, -0.1) is 0 Å². The molecule has 0 radical (unpaired) electrons. The molecule has 0 fully saturated rings. The number of benzene rings is 2. The molecule has 2 aromatic carbocycles. The van der Waals surface area contributed by atoms with Gasteiger partial charge in [0, 0.05) is 17.3 Å². The number of hydrogen-bond donors (Lipinski definition) is 1. The van der Waals surface area contributed by atoms with Crippen LogP contribution in [0, 0.1) is 6.92 Å². The molecule has 0 heterocycles. The summed E-state index contributed by atoms with van der Waals surface area (Å²) in [7, 11) is 0. The number of nitrogens with one attached hydrogen (secondary N) is 1. The van der Waals surface area contributed by atoms with Gasteiger partial charge in [-0.05, 0) is 37.6 Å². The fraction of sp³-hybridized carbons (Fsp3) is 0.188. The summed E-state index contributed by atoms with van der Waals surface area (Å²) in [6.45, 7) is 4.53. The summed E-state index contributed by atoms with van der Waals surface area (Å²) in [4.78, 5) is 12.0. The second kappa shape index (κ2) is 6.05. The molecule has 0 atom stereocenters. The fourth-order valence-electron chi connectivity index (χ4n) is 1.78. The number of anilines is 1. The highest BCUT2D eigenvalue weighted by Crippen LogP contribution is 2.23. The molecule has 0 aromatic heterocycles. The van der Waals surface area contributed by atoms with Crippen LogP contribution in [0.1, 0.15) is 22.8 Å². The Morgan fingerprint density at radius 2 is 1.89 bits per heavy atom. The number of carbonyl (C=O) groups is 1. The predicted octanol–water partition coefficient (Wildman–Crippen LogP) is 3.65. The van der Waals surface area contributed by atoms with Crippen LogP contribution in [0.2, 0.25) is 0 Å². The van der Waals surface area contributed by atoms with Gasteiger partial charge >= 0.3 is 0 Å². The summed E-state index contributed by atoms with van der Waals surface area (Å²) in [5.74, 6) is 0.681. The molecule has 98 valence electrons. The zero-order valence-electron chi connectivity index (χ0n) is 11.1. The molecule has 0 aliphatic carbocycles. The van der Waals surface area contributed by atoms with Crippen LogP contribution in [-0.2, 0) is 0 Å². The number of rotatable bonds is 4. The van der Waals surface area contributed by atoms with Gasteiger partial charge < -0.3 is 10.1 Å². The molecule has 2 rings (SSSR count). The lowest BCUT2D eigenvalue weighted by Crippen LogP contribution is -2.11. The monoisotopic (exact) mass is 255 g/mol. The molecule has 0 unspecified atom stereocenters. The lowest BCUT2D eigenvalue weighted by molar-refractivity contribution is 0.102. The summed E-state index contributed by atoms with van der Waals surface area (Å²) in [6, 6.07) is 14.8. The Labute approximate surface area is 113 Å². The van der Waals surface area contributed by atoms with Crippen LogP contribution in [0.4, 0.5) is 5.69 Å². The van der Waals surface area contributed by atoms with Gasteiger partial charge in [-0.1, -0.05) is 24.3 Å². The van der Waals surface area contributed by atoms with E-state index in [1.165, 1.54) is 0 Å². The first-order valence-corrected chi connectivity index (χ1v) is 6.30. The van der Waals surface area contributed by atoms with E-state index < -0.39 is 0 Å². The highest BCUT2D eigenvalue weighted by Gasteiger charge is 2.07. The molecule has 0 aliphatic rings. The zero-order chi connectivity index (χ0) is 13.7. The first-order chi connectivity index (χ1) is 9.20. The average Bonchev–Trinajstić information content (AvgIpc) is 2.44. The van der Waals surface area contributed by atoms with Crippen molar-refractivity contribution in [3.05, 3.63) is 59.7 Å². The quantitative estimate of drug-likeness (QED) is 0.905. The third kappa shape index (κ3) is 3.35. The number of carbonyl (C=O) groups excluding carboxylic acids is 1. The second-order valence-corrected chi connectivity index (χ2v) is 4.23. The van der Waals surface area contributed by atoms with Crippen molar-refractivity contribution in [1.29, 1.82) is 0 Å². The molecule has 0 bridgehead atoms. The highest BCUT2D eigenvalue weighted by atomic mass is 16.5. The Morgan fingerprint density at radius 3 is 2.58 bits per heavy atom. The number of ether oxygens (including phenoxy) is 1. The molecule has 0 aliphatic heterocycles. The van der Waals surface area contributed by atoms with Crippen LogP contribution in [0.3, 0.4) is 0 Å². The van der Waals surface area contributed by atoms with E-state index in [2.05, 4.69) is 5.32 Å². The van der Waals surface area contributed by atoms with Crippen LogP contribution in [0.25, 0.3) is 0 Å². The average molecular weight is 255 g/mol. The molecule has 3 nitrogen and oxygen atoms in total. The number of hydrogen-bond acceptors (Lipinski definition) is 2. The summed E-state index contributed by atoms with van der Waals surface area (Å²) in [6.07, 6.45) is 0. The van der Waals surface area contributed by atoms with Crippen molar-refractivity contribution in [2.45, 2.75) is 13.8 Å². The third-order valence-corrected chi connectivity index (χ3v) is 2.78. The minimum atomic E-state index is -0.119. The van der Waals surface area contributed by atoms with Crippen molar-refractivity contribution in [3.63, 3.8) is 0 Å². The van der Waals surface area contributed by atoms with Crippen LogP contribution in [0.15, 0.2) is 48.5 Å². The SMILES string of the molecule is CCOc1cc(NC(=O)c2ccccc2)ccc1C. The summed E-state index contributed by atoms with van der Waals surface area (Å²) >= 11 is 0. The number of amides is 1. The second-order valence-electron chi connectivity index (χ2n) is 4.23. The van der Waals surface area contributed by atoms with Crippen LogP contribution in [-0.4, -0.2) is 12.5 Å². The van der Waals surface area contributed by atoms with Crippen LogP contribution < -0.4 is 10.1 Å². The van der Waals surface area contributed by atoms with Crippen LogP contribution in [0.5, 0.6) is 5.75 Å². The van der Waals surface area contributed by atoms with Gasteiger partial charge in [0.05, 0.1) is 6.61 Å². The maximum atomic E-state index is 12.0. The van der Waals surface area contributed by atoms with Gasteiger partial charge in [0.2, 0.25) is 0 Å². The van der Waals surface area contributed by atoms with Crippen molar-refractivity contribution >= 4 is 11.6 Å². The normalized spacial score (nSPS) is 10.0. The van der Waals surface area contributed by atoms with E-state index >= 15 is 0 Å². The molecule has 3 heteroatoms. The Kier molecular flexibility index (Phi) is 4.18. The molecule has 1 N–H and O–H groups in total. The van der Waals surface area contributed by atoms with E-state index in [0.717, 1.165) is 17.0 Å². The molecular formula is C16H17NO2. The standard InChI is InChI=1S/C16H17NO2/c1-3-19-15-11-14(10-9-12(15)2)17-16(18)13-7-5-4-6-8-13/h4-11H,3H2,1-2H3,(H,17,18). The van der Waals surface area contributed by atoms with E-state index in [1.54, 1.807) is 12.1 Å². The maximum Gasteiger partial charge on any atom is 0.255 e. The molecule has 0 saturated heterocycles. The van der Waals surface area contributed by atoms with Crippen LogP contribution >= 0.6 is 0 Å². The maximum absolute atomic E-state index is 12.0. The van der Waals surface area contributed by atoms with E-state index in [4.69, 9.17) is 4.74 Å². The Hall–Kier alpha value is -2.29. The molecule has 2 aromatic rings. The van der Waals surface area contributed by atoms with Crippen molar-refractivity contribution in [2.24, 2.45) is 0 Å². The van der Waals surface area contributed by atoms with E-state index in [-0.39, 0.29) is 5.91 Å². The lowest BCUT2D eigenvalue weighted by atomic mass is 10.2. The first-order valence-electron chi connectivity index (χ1n) is 6.30. The molecule has 0 spiro atoms. The topological polar surface area (TPSA) is 38.3 Å². The van der Waals surface area contributed by atoms with Gasteiger partial charge in [-0.2, -0.15) is 0 Å². The van der Waals surface area contributed by atoms with Gasteiger partial charge in [0.25, 0.3) is 5.91 Å². The Morgan fingerprint density at radius 1 is 1.16 bits per heavy atom. The minimum absolute atomic E-state index is 0.119. The Balaban J connectivity index is 2.15. The fourth-order valence-corrected chi connectivity index (χ4v) is 1.78. The molecular weight excluding hydrogens is 238 g/mol. The van der Waals surface area contributed by atoms with Crippen molar-refractivity contribution in [3.8, 4) is 5.75 Å². The first kappa shape index (κ1) is 13.1. The number of aryl methyl sites for hydroxylation is 1. The van der Waals surface area contributed by atoms with Gasteiger partial charge in [0.15, 0.2) is 0 Å². The molecule has 1 amide bonds. The van der Waals surface area contributed by atoms with E-state index in [0.29, 0.717) is 12.2 Å². The predicted molar refractivity (Wildman–Crippen MR) is 76.7 cm³/mol. The lowest BCUT2D eigenvalue weighted by Gasteiger charge is -2.10. The molecule has 0 saturated carbocycles. The van der Waals surface area contributed by atoms with Crippen molar-refractivity contribution < 1.29 is 9.53 Å². The molecule has 19 heavy (non-hydrogen) atoms. The van der Waals surface area contributed by atoms with Crippen molar-refractivity contribution in [1.82, 2.24) is 0 Å². The zero-order valence-corrected chi connectivity index (χ0v) is 11.1. The smallest absolute Gasteiger partial charge is 0.255 e. The van der Waals surface area contributed by atoms with Gasteiger partial charge in [-0.3, -0.25) is 4.79 Å². The van der Waals surface area contributed by atoms with Crippen molar-refractivity contribution in [2.75, 3.05) is 11.9 Å². The third-order valence-electron chi connectivity index (χ3n) is 2.78. The van der Waals surface area contributed by atoms with Gasteiger partial charge in [0.1, 0.15) is 5.75 Å². The summed E-state index contributed by atoms with van der Waals surface area (Å²) < 4.78 is 5.51. The van der Waals surface area contributed by atoms with E-state index in [9.17, 15) is 4.79 Å². The Bertz CT molecular complexity index is 564. The van der Waals surface area contributed by atoms with E-state index in [1.807, 2.05) is 50.2 Å². The highest BCUT2D eigenvalue weighted by molar-refractivity contribution is 6.04. The van der Waals surface area contributed by atoms with Gasteiger partial charge in [-0.25, -0.2) is 0 Å². The summed E-state index contributed by atoms with van der Waals surface area (Å²) in [5.41, 5.74) is 2.43. The summed E-state index contributed by atoms with van der Waals surface area (Å²) in [5, 5.41) is 2.87. The largest absolute Gasteiger partial charge is 0.494 e.